The monoisotopic (exact) mass is 226 g/mol. The van der Waals surface area contributed by atoms with Crippen LogP contribution in [-0.2, 0) is 0 Å². The van der Waals surface area contributed by atoms with E-state index in [-0.39, 0.29) is 5.75 Å². The SMILES string of the molecule is Oc1cccc(OC/C=C/c2ccccc2)c1. The summed E-state index contributed by atoms with van der Waals surface area (Å²) in [6, 6.07) is 16.8. The second-order valence-corrected chi connectivity index (χ2v) is 3.62. The van der Waals surface area contributed by atoms with E-state index >= 15 is 0 Å². The van der Waals surface area contributed by atoms with Crippen molar-refractivity contribution >= 4 is 6.08 Å². The van der Waals surface area contributed by atoms with Crippen LogP contribution in [-0.4, -0.2) is 11.7 Å². The maximum absolute atomic E-state index is 9.25. The molecule has 2 heteroatoms. The molecule has 0 unspecified atom stereocenters. The van der Waals surface area contributed by atoms with Crippen LogP contribution in [0.4, 0.5) is 0 Å². The average molecular weight is 226 g/mol. The summed E-state index contributed by atoms with van der Waals surface area (Å²) in [7, 11) is 0. The number of phenols is 1. The Hall–Kier alpha value is -2.22. The molecule has 0 aliphatic rings. The molecule has 17 heavy (non-hydrogen) atoms. The van der Waals surface area contributed by atoms with Gasteiger partial charge in [-0.1, -0.05) is 42.5 Å². The number of ether oxygens (including phenoxy) is 1. The molecule has 0 aliphatic heterocycles. The first-order valence-electron chi connectivity index (χ1n) is 5.48. The van der Waals surface area contributed by atoms with Crippen molar-refractivity contribution in [3.63, 3.8) is 0 Å². The average Bonchev–Trinajstić information content (AvgIpc) is 2.36. The number of hydrogen-bond acceptors (Lipinski definition) is 2. The molecular weight excluding hydrogens is 212 g/mol. The smallest absolute Gasteiger partial charge is 0.123 e. The van der Waals surface area contributed by atoms with Gasteiger partial charge in [-0.25, -0.2) is 0 Å². The molecule has 2 nitrogen and oxygen atoms in total. The molecule has 2 rings (SSSR count). The molecule has 1 N–H and O–H groups in total. The van der Waals surface area contributed by atoms with Crippen LogP contribution in [0.15, 0.2) is 60.7 Å². The van der Waals surface area contributed by atoms with E-state index in [4.69, 9.17) is 4.74 Å². The molecule has 0 radical (unpaired) electrons. The van der Waals surface area contributed by atoms with E-state index in [2.05, 4.69) is 0 Å². The van der Waals surface area contributed by atoms with Gasteiger partial charge in [-0.3, -0.25) is 0 Å². The van der Waals surface area contributed by atoms with Crippen molar-refractivity contribution in [2.75, 3.05) is 6.61 Å². The van der Waals surface area contributed by atoms with Gasteiger partial charge in [0.05, 0.1) is 0 Å². The summed E-state index contributed by atoms with van der Waals surface area (Å²) in [5.41, 5.74) is 1.15. The third kappa shape index (κ3) is 3.68. The van der Waals surface area contributed by atoms with Crippen molar-refractivity contribution in [2.45, 2.75) is 0 Å². The van der Waals surface area contributed by atoms with Crippen LogP contribution in [0.25, 0.3) is 6.08 Å². The molecule has 0 aliphatic carbocycles. The zero-order valence-corrected chi connectivity index (χ0v) is 9.41. The second kappa shape index (κ2) is 5.75. The number of rotatable bonds is 4. The highest BCUT2D eigenvalue weighted by atomic mass is 16.5. The topological polar surface area (TPSA) is 29.5 Å². The van der Waals surface area contributed by atoms with Gasteiger partial charge < -0.3 is 9.84 Å². The molecule has 0 fully saturated rings. The molecule has 86 valence electrons. The zero-order chi connectivity index (χ0) is 11.9. The fourth-order valence-corrected chi connectivity index (χ4v) is 1.47. The molecule has 2 aromatic rings. The van der Waals surface area contributed by atoms with Gasteiger partial charge in [0.25, 0.3) is 0 Å². The lowest BCUT2D eigenvalue weighted by atomic mass is 10.2. The van der Waals surface area contributed by atoms with E-state index < -0.39 is 0 Å². The third-order valence-electron chi connectivity index (χ3n) is 2.27. The van der Waals surface area contributed by atoms with Crippen LogP contribution in [0.5, 0.6) is 11.5 Å². The van der Waals surface area contributed by atoms with E-state index in [1.165, 1.54) is 0 Å². The Morgan fingerprint density at radius 3 is 2.59 bits per heavy atom. The van der Waals surface area contributed by atoms with Crippen LogP contribution in [0, 0.1) is 0 Å². The minimum absolute atomic E-state index is 0.217. The minimum Gasteiger partial charge on any atom is -0.508 e. The predicted octanol–water partition coefficient (Wildman–Crippen LogP) is 3.48. The Morgan fingerprint density at radius 2 is 1.82 bits per heavy atom. The van der Waals surface area contributed by atoms with E-state index in [0.29, 0.717) is 12.4 Å². The minimum atomic E-state index is 0.217. The van der Waals surface area contributed by atoms with Crippen LogP contribution in [0.1, 0.15) is 5.56 Å². The first-order chi connectivity index (χ1) is 8.34. The number of hydrogen-bond donors (Lipinski definition) is 1. The Bertz CT molecular complexity index is 489. The van der Waals surface area contributed by atoms with Gasteiger partial charge in [0.15, 0.2) is 0 Å². The summed E-state index contributed by atoms with van der Waals surface area (Å²) in [5, 5.41) is 9.25. The standard InChI is InChI=1S/C15H14O2/c16-14-9-4-10-15(12-14)17-11-5-8-13-6-2-1-3-7-13/h1-10,12,16H,11H2/b8-5+. The lowest BCUT2D eigenvalue weighted by Gasteiger charge is -2.02. The fourth-order valence-electron chi connectivity index (χ4n) is 1.47. The van der Waals surface area contributed by atoms with Crippen molar-refractivity contribution in [3.05, 3.63) is 66.2 Å². The van der Waals surface area contributed by atoms with Gasteiger partial charge in [0.2, 0.25) is 0 Å². The van der Waals surface area contributed by atoms with Gasteiger partial charge in [-0.15, -0.1) is 0 Å². The largest absolute Gasteiger partial charge is 0.508 e. The highest BCUT2D eigenvalue weighted by molar-refractivity contribution is 5.48. The van der Waals surface area contributed by atoms with Crippen molar-refractivity contribution in [2.24, 2.45) is 0 Å². The van der Waals surface area contributed by atoms with Crippen molar-refractivity contribution in [1.29, 1.82) is 0 Å². The summed E-state index contributed by atoms with van der Waals surface area (Å²) in [6.45, 7) is 0.484. The molecule has 2 aromatic carbocycles. The Morgan fingerprint density at radius 1 is 1.00 bits per heavy atom. The Labute approximate surface area is 101 Å². The summed E-state index contributed by atoms with van der Waals surface area (Å²) in [4.78, 5) is 0. The zero-order valence-electron chi connectivity index (χ0n) is 9.41. The quantitative estimate of drug-likeness (QED) is 0.864. The summed E-state index contributed by atoms with van der Waals surface area (Å²) in [5.74, 6) is 0.886. The van der Waals surface area contributed by atoms with E-state index in [1.54, 1.807) is 18.2 Å². The van der Waals surface area contributed by atoms with Crippen LogP contribution < -0.4 is 4.74 Å². The van der Waals surface area contributed by atoms with E-state index in [9.17, 15) is 5.11 Å². The maximum atomic E-state index is 9.25. The van der Waals surface area contributed by atoms with Crippen LogP contribution >= 0.6 is 0 Å². The van der Waals surface area contributed by atoms with Crippen LogP contribution in [0.3, 0.4) is 0 Å². The predicted molar refractivity (Wildman–Crippen MR) is 69.1 cm³/mol. The van der Waals surface area contributed by atoms with E-state index in [0.717, 1.165) is 5.56 Å². The summed E-state index contributed by atoms with van der Waals surface area (Å²) < 4.78 is 5.46. The molecule has 0 saturated heterocycles. The van der Waals surface area contributed by atoms with Gasteiger partial charge >= 0.3 is 0 Å². The lowest BCUT2D eigenvalue weighted by molar-refractivity contribution is 0.360. The number of phenolic OH excluding ortho intramolecular Hbond substituents is 1. The van der Waals surface area contributed by atoms with Crippen molar-refractivity contribution in [3.8, 4) is 11.5 Å². The first-order valence-corrected chi connectivity index (χ1v) is 5.48. The molecule has 0 spiro atoms. The molecule has 0 atom stereocenters. The molecule has 0 aromatic heterocycles. The third-order valence-corrected chi connectivity index (χ3v) is 2.27. The lowest BCUT2D eigenvalue weighted by Crippen LogP contribution is -1.92. The number of aromatic hydroxyl groups is 1. The molecule has 0 saturated carbocycles. The molecule has 0 bridgehead atoms. The highest BCUT2D eigenvalue weighted by Gasteiger charge is 1.92. The summed E-state index contributed by atoms with van der Waals surface area (Å²) >= 11 is 0. The summed E-state index contributed by atoms with van der Waals surface area (Å²) in [6.07, 6.45) is 3.95. The number of benzene rings is 2. The van der Waals surface area contributed by atoms with Crippen molar-refractivity contribution < 1.29 is 9.84 Å². The first kappa shape index (κ1) is 11.3. The Balaban J connectivity index is 1.86. The normalized spacial score (nSPS) is 10.6. The van der Waals surface area contributed by atoms with Gasteiger partial charge in [-0.2, -0.15) is 0 Å². The van der Waals surface area contributed by atoms with Gasteiger partial charge in [-0.05, 0) is 23.8 Å². The van der Waals surface area contributed by atoms with E-state index in [1.807, 2.05) is 48.6 Å². The van der Waals surface area contributed by atoms with Gasteiger partial charge in [0, 0.05) is 6.07 Å². The Kier molecular flexibility index (Phi) is 3.81. The second-order valence-electron chi connectivity index (χ2n) is 3.62. The fraction of sp³-hybridized carbons (Fsp3) is 0.0667. The van der Waals surface area contributed by atoms with Gasteiger partial charge in [0.1, 0.15) is 18.1 Å². The van der Waals surface area contributed by atoms with Crippen LogP contribution in [0.2, 0.25) is 0 Å². The maximum Gasteiger partial charge on any atom is 0.123 e. The molecule has 0 amide bonds. The molecular formula is C15H14O2. The highest BCUT2D eigenvalue weighted by Crippen LogP contribution is 2.17. The van der Waals surface area contributed by atoms with Crippen molar-refractivity contribution in [1.82, 2.24) is 0 Å². The molecule has 0 heterocycles.